The number of hydrogen-bond acceptors (Lipinski definition) is 3. The minimum atomic E-state index is -0.485. The van der Waals surface area contributed by atoms with Crippen LogP contribution in [0.3, 0.4) is 0 Å². The average molecular weight is 341 g/mol. The molecule has 0 saturated heterocycles. The number of nitrogens with zero attached hydrogens (tertiary/aromatic N) is 1. The third-order valence-corrected chi connectivity index (χ3v) is 4.12. The van der Waals surface area contributed by atoms with Gasteiger partial charge in [-0.3, -0.25) is 4.98 Å². The van der Waals surface area contributed by atoms with Gasteiger partial charge in [0.15, 0.2) is 11.6 Å². The predicted octanol–water partition coefficient (Wildman–Crippen LogP) is 4.51. The first kappa shape index (κ1) is 17.4. The molecule has 1 aromatic carbocycles. The molecule has 0 amide bonds. The molecule has 0 fully saturated rings. The predicted molar refractivity (Wildman–Crippen MR) is 99.0 cm³/mol. The van der Waals surface area contributed by atoms with Crippen molar-refractivity contribution in [2.75, 3.05) is 6.61 Å². The molecule has 4 nitrogen and oxygen atoms in total. The zero-order chi connectivity index (χ0) is 18.0. The number of nitrogens with two attached hydrogens (primary N) is 1. The van der Waals surface area contributed by atoms with E-state index in [-0.39, 0.29) is 12.4 Å². The molecule has 3 rings (SSSR count). The summed E-state index contributed by atoms with van der Waals surface area (Å²) in [5, 5.41) is 0. The number of nitrogens with one attached hydrogen (secondary N) is 1. The Balaban J connectivity index is 1.81. The van der Waals surface area contributed by atoms with Gasteiger partial charge < -0.3 is 15.5 Å². The van der Waals surface area contributed by atoms with Crippen LogP contribution in [0.1, 0.15) is 27.2 Å². The molecule has 3 N–H and O–H groups in total. The summed E-state index contributed by atoms with van der Waals surface area (Å²) in [6, 6.07) is 8.76. The van der Waals surface area contributed by atoms with E-state index in [1.54, 1.807) is 12.3 Å². The van der Waals surface area contributed by atoms with Crippen molar-refractivity contribution >= 4 is 11.0 Å². The van der Waals surface area contributed by atoms with Gasteiger partial charge in [0.25, 0.3) is 0 Å². The maximum absolute atomic E-state index is 14.5. The van der Waals surface area contributed by atoms with Crippen LogP contribution >= 0.6 is 0 Å². The molecule has 3 aromatic rings. The zero-order valence-electron chi connectivity index (χ0n) is 14.8. The van der Waals surface area contributed by atoms with Gasteiger partial charge >= 0.3 is 0 Å². The molecule has 0 radical (unpaired) electrons. The zero-order valence-corrected chi connectivity index (χ0v) is 14.8. The normalized spacial score (nSPS) is 14.0. The number of ether oxygens (including phenoxy) is 1. The van der Waals surface area contributed by atoms with E-state index < -0.39 is 11.4 Å². The molecule has 0 spiro atoms. The number of benzene rings is 1. The smallest absolute Gasteiger partial charge is 0.165 e. The molecular formula is C20H24FN3O. The van der Waals surface area contributed by atoms with Crippen molar-refractivity contribution in [2.24, 2.45) is 11.7 Å². The van der Waals surface area contributed by atoms with Gasteiger partial charge in [-0.25, -0.2) is 4.39 Å². The summed E-state index contributed by atoms with van der Waals surface area (Å²) in [6.07, 6.45) is 4.36. The largest absolute Gasteiger partial charge is 0.489 e. The van der Waals surface area contributed by atoms with E-state index in [0.29, 0.717) is 5.92 Å². The minimum Gasteiger partial charge on any atom is -0.489 e. The Morgan fingerprint density at radius 3 is 2.80 bits per heavy atom. The van der Waals surface area contributed by atoms with E-state index in [4.69, 9.17) is 10.5 Å². The summed E-state index contributed by atoms with van der Waals surface area (Å²) in [5.74, 6) is 0.288. The second kappa shape index (κ2) is 6.84. The lowest BCUT2D eigenvalue weighted by Gasteiger charge is -2.26. The average Bonchev–Trinajstić information content (AvgIpc) is 3.01. The fourth-order valence-electron chi connectivity index (χ4n) is 3.22. The van der Waals surface area contributed by atoms with Gasteiger partial charge in [-0.05, 0) is 49.1 Å². The third kappa shape index (κ3) is 3.99. The van der Waals surface area contributed by atoms with Crippen molar-refractivity contribution in [3.63, 3.8) is 0 Å². The van der Waals surface area contributed by atoms with Crippen molar-refractivity contribution in [3.05, 3.63) is 48.5 Å². The Bertz CT molecular complexity index is 870. The number of hydrogen-bond donors (Lipinski definition) is 2. The maximum atomic E-state index is 14.5. The lowest BCUT2D eigenvalue weighted by atomic mass is 9.93. The fourth-order valence-corrected chi connectivity index (χ4v) is 3.22. The van der Waals surface area contributed by atoms with Gasteiger partial charge in [-0.15, -0.1) is 0 Å². The van der Waals surface area contributed by atoms with Crippen molar-refractivity contribution in [2.45, 2.75) is 32.7 Å². The van der Waals surface area contributed by atoms with Crippen LogP contribution in [0.4, 0.5) is 4.39 Å². The number of aromatic amines is 1. The van der Waals surface area contributed by atoms with Gasteiger partial charge in [-0.2, -0.15) is 0 Å². The first-order valence-electron chi connectivity index (χ1n) is 8.49. The Labute approximate surface area is 147 Å². The van der Waals surface area contributed by atoms with E-state index in [1.807, 2.05) is 31.3 Å². The quantitative estimate of drug-likeness (QED) is 0.693. The molecule has 2 aromatic heterocycles. The Morgan fingerprint density at radius 2 is 2.08 bits per heavy atom. The van der Waals surface area contributed by atoms with E-state index in [9.17, 15) is 4.39 Å². The van der Waals surface area contributed by atoms with E-state index >= 15 is 0 Å². The lowest BCUT2D eigenvalue weighted by molar-refractivity contribution is 0.200. The molecule has 2 heterocycles. The first-order valence-corrected chi connectivity index (χ1v) is 8.49. The minimum absolute atomic E-state index is 0.223. The van der Waals surface area contributed by atoms with Crippen LogP contribution in [0.5, 0.6) is 5.75 Å². The van der Waals surface area contributed by atoms with Crippen molar-refractivity contribution in [3.8, 4) is 16.9 Å². The molecule has 5 heteroatoms. The highest BCUT2D eigenvalue weighted by Gasteiger charge is 2.22. The standard InChI is InChI=1S/C20H24FN3O/c1-13(2)11-20(3,22)12-25-18-5-4-14(10-16(18)21)15-6-8-23-17-7-9-24-19(15)17/h4-10,13,24H,11-12,22H2,1-3H3/t20-/m0/s1. The summed E-state index contributed by atoms with van der Waals surface area (Å²) in [5.41, 5.74) is 9.17. The van der Waals surface area contributed by atoms with Gasteiger partial charge in [0.05, 0.1) is 11.0 Å². The van der Waals surface area contributed by atoms with Gasteiger partial charge in [0, 0.05) is 23.5 Å². The highest BCUT2D eigenvalue weighted by molar-refractivity contribution is 5.91. The first-order chi connectivity index (χ1) is 11.9. The topological polar surface area (TPSA) is 63.9 Å². The van der Waals surface area contributed by atoms with Crippen LogP contribution in [-0.4, -0.2) is 22.1 Å². The lowest BCUT2D eigenvalue weighted by Crippen LogP contribution is -2.43. The Hall–Kier alpha value is -2.40. The molecule has 0 unspecified atom stereocenters. The van der Waals surface area contributed by atoms with Crippen LogP contribution < -0.4 is 10.5 Å². The monoisotopic (exact) mass is 341 g/mol. The van der Waals surface area contributed by atoms with E-state index in [1.165, 1.54) is 6.07 Å². The van der Waals surface area contributed by atoms with Crippen LogP contribution in [0.25, 0.3) is 22.2 Å². The second-order valence-electron chi connectivity index (χ2n) is 7.28. The molecule has 0 aliphatic carbocycles. The number of aromatic nitrogens is 2. The fraction of sp³-hybridized carbons (Fsp3) is 0.350. The van der Waals surface area contributed by atoms with E-state index in [0.717, 1.165) is 28.6 Å². The van der Waals surface area contributed by atoms with Gasteiger partial charge in [0.2, 0.25) is 0 Å². The molecule has 132 valence electrons. The summed E-state index contributed by atoms with van der Waals surface area (Å²) in [6.45, 7) is 6.42. The Kier molecular flexibility index (Phi) is 4.77. The van der Waals surface area contributed by atoms with Crippen LogP contribution in [-0.2, 0) is 0 Å². The summed E-state index contributed by atoms with van der Waals surface area (Å²) < 4.78 is 20.2. The summed E-state index contributed by atoms with van der Waals surface area (Å²) in [7, 11) is 0. The molecule has 25 heavy (non-hydrogen) atoms. The van der Waals surface area contributed by atoms with Crippen LogP contribution in [0.15, 0.2) is 42.7 Å². The number of rotatable bonds is 6. The molecule has 0 saturated carbocycles. The highest BCUT2D eigenvalue weighted by atomic mass is 19.1. The molecule has 1 atom stereocenters. The number of H-pyrrole nitrogens is 1. The molecule has 0 bridgehead atoms. The number of fused-ring (bicyclic) bond motifs is 1. The van der Waals surface area contributed by atoms with Gasteiger partial charge in [-0.1, -0.05) is 19.9 Å². The molecular weight excluding hydrogens is 317 g/mol. The van der Waals surface area contributed by atoms with Crippen molar-refractivity contribution in [1.29, 1.82) is 0 Å². The van der Waals surface area contributed by atoms with Crippen molar-refractivity contribution in [1.82, 2.24) is 9.97 Å². The SMILES string of the molecule is CC(C)C[C@](C)(N)COc1ccc(-c2ccnc3cc[nH]c23)cc1F. The third-order valence-electron chi connectivity index (χ3n) is 4.12. The summed E-state index contributed by atoms with van der Waals surface area (Å²) in [4.78, 5) is 7.43. The maximum Gasteiger partial charge on any atom is 0.165 e. The van der Waals surface area contributed by atoms with E-state index in [2.05, 4.69) is 23.8 Å². The highest BCUT2D eigenvalue weighted by Crippen LogP contribution is 2.30. The van der Waals surface area contributed by atoms with Gasteiger partial charge in [0.1, 0.15) is 6.61 Å². The molecule has 0 aliphatic rings. The van der Waals surface area contributed by atoms with Crippen LogP contribution in [0, 0.1) is 11.7 Å². The van der Waals surface area contributed by atoms with Crippen LogP contribution in [0.2, 0.25) is 0 Å². The summed E-state index contributed by atoms with van der Waals surface area (Å²) >= 11 is 0. The van der Waals surface area contributed by atoms with Crippen molar-refractivity contribution < 1.29 is 9.13 Å². The molecule has 0 aliphatic heterocycles. The Morgan fingerprint density at radius 1 is 1.28 bits per heavy atom. The number of halogens is 1. The number of pyridine rings is 1. The second-order valence-corrected chi connectivity index (χ2v) is 7.28.